The summed E-state index contributed by atoms with van der Waals surface area (Å²) in [7, 11) is 0. The molecule has 3 nitrogen and oxygen atoms in total. The molecule has 1 aliphatic carbocycles. The van der Waals surface area contributed by atoms with Crippen molar-refractivity contribution in [2.75, 3.05) is 5.73 Å². The van der Waals surface area contributed by atoms with Gasteiger partial charge >= 0.3 is 0 Å². The average molecular weight is 151 g/mol. The van der Waals surface area contributed by atoms with E-state index >= 15 is 0 Å². The molecule has 60 valence electrons. The predicted octanol–water partition coefficient (Wildman–Crippen LogP) is 1.35. The van der Waals surface area contributed by atoms with Crippen LogP contribution in [0.3, 0.4) is 0 Å². The van der Waals surface area contributed by atoms with Gasteiger partial charge in [-0.25, -0.2) is 4.98 Å². The van der Waals surface area contributed by atoms with Crippen molar-refractivity contribution in [3.63, 3.8) is 0 Å². The van der Waals surface area contributed by atoms with Crippen molar-refractivity contribution in [3.8, 4) is 0 Å². The summed E-state index contributed by atoms with van der Waals surface area (Å²) in [6.45, 7) is 4.26. The summed E-state index contributed by atoms with van der Waals surface area (Å²) in [5, 5.41) is 0. The van der Waals surface area contributed by atoms with Gasteiger partial charge in [-0.2, -0.15) is 0 Å². The largest absolute Gasteiger partial charge is 0.369 e. The fraction of sp³-hybridized carbons (Fsp3) is 0.625. The average Bonchev–Trinajstić information content (AvgIpc) is 2.55. The number of anilines is 1. The second-order valence-corrected chi connectivity index (χ2v) is 3.66. The highest BCUT2D eigenvalue weighted by molar-refractivity contribution is 5.33. The molecule has 0 unspecified atom stereocenters. The van der Waals surface area contributed by atoms with Crippen molar-refractivity contribution in [2.24, 2.45) is 0 Å². The number of hydrogen-bond donors (Lipinski definition) is 2. The Kier molecular flexibility index (Phi) is 1.09. The molecule has 1 fully saturated rings. The lowest BCUT2D eigenvalue weighted by molar-refractivity contribution is 0.750. The van der Waals surface area contributed by atoms with Gasteiger partial charge in [0.05, 0.1) is 5.69 Å². The molecule has 0 aliphatic heterocycles. The number of nitrogen functional groups attached to an aromatic ring is 1. The lowest BCUT2D eigenvalue weighted by Gasteiger charge is -2.03. The van der Waals surface area contributed by atoms with Crippen molar-refractivity contribution in [1.29, 1.82) is 0 Å². The minimum absolute atomic E-state index is 0.332. The predicted molar refractivity (Wildman–Crippen MR) is 44.3 cm³/mol. The molecule has 2 rings (SSSR count). The van der Waals surface area contributed by atoms with Crippen LogP contribution < -0.4 is 5.73 Å². The number of nitrogens with zero attached hydrogens (tertiary/aromatic N) is 1. The van der Waals surface area contributed by atoms with Gasteiger partial charge in [-0.3, -0.25) is 0 Å². The van der Waals surface area contributed by atoms with Gasteiger partial charge in [0.15, 0.2) is 5.95 Å². The molecule has 3 heteroatoms. The van der Waals surface area contributed by atoms with Crippen LogP contribution in [0, 0.1) is 6.92 Å². The summed E-state index contributed by atoms with van der Waals surface area (Å²) >= 11 is 0. The van der Waals surface area contributed by atoms with Crippen LogP contribution in [0.25, 0.3) is 0 Å². The standard InChI is InChI=1S/C8H13N3/c1-5-6(8(2)3-4-8)11-7(9)10-5/h3-4H2,1-2H3,(H3,9,10,11). The van der Waals surface area contributed by atoms with Gasteiger partial charge in [-0.15, -0.1) is 0 Å². The molecular formula is C8H13N3. The Balaban J connectivity index is 2.44. The monoisotopic (exact) mass is 151 g/mol. The molecule has 0 amide bonds. The first-order chi connectivity index (χ1) is 5.12. The number of nitrogens with one attached hydrogen (secondary N) is 1. The number of H-pyrrole nitrogens is 1. The summed E-state index contributed by atoms with van der Waals surface area (Å²) in [5.74, 6) is 0.547. The number of rotatable bonds is 1. The highest BCUT2D eigenvalue weighted by Crippen LogP contribution is 2.47. The fourth-order valence-electron chi connectivity index (χ4n) is 1.50. The highest BCUT2D eigenvalue weighted by Gasteiger charge is 2.42. The third kappa shape index (κ3) is 0.914. The number of nitrogens with two attached hydrogens (primary N) is 1. The zero-order valence-corrected chi connectivity index (χ0v) is 6.94. The maximum absolute atomic E-state index is 5.54. The van der Waals surface area contributed by atoms with Crippen molar-refractivity contribution in [3.05, 3.63) is 11.4 Å². The maximum atomic E-state index is 5.54. The van der Waals surface area contributed by atoms with E-state index in [9.17, 15) is 0 Å². The molecule has 1 aromatic rings. The molecule has 11 heavy (non-hydrogen) atoms. The second kappa shape index (κ2) is 1.78. The van der Waals surface area contributed by atoms with Gasteiger partial charge in [-0.05, 0) is 19.8 Å². The summed E-state index contributed by atoms with van der Waals surface area (Å²) in [4.78, 5) is 7.29. The summed E-state index contributed by atoms with van der Waals surface area (Å²) in [6, 6.07) is 0. The lowest BCUT2D eigenvalue weighted by atomic mass is 10.0. The number of aromatic amines is 1. The van der Waals surface area contributed by atoms with Crippen LogP contribution in [0.4, 0.5) is 5.95 Å². The SMILES string of the molecule is Cc1[nH]c(N)nc1C1(C)CC1. The Morgan fingerprint density at radius 1 is 1.55 bits per heavy atom. The minimum Gasteiger partial charge on any atom is -0.369 e. The summed E-state index contributed by atoms with van der Waals surface area (Å²) in [6.07, 6.45) is 2.50. The molecule has 0 saturated heterocycles. The maximum Gasteiger partial charge on any atom is 0.197 e. The van der Waals surface area contributed by atoms with Gasteiger partial charge in [0.1, 0.15) is 0 Å². The fourth-order valence-corrected chi connectivity index (χ4v) is 1.50. The van der Waals surface area contributed by atoms with Gasteiger partial charge in [0, 0.05) is 11.1 Å². The molecular weight excluding hydrogens is 138 g/mol. The molecule has 0 spiro atoms. The Morgan fingerprint density at radius 3 is 2.55 bits per heavy atom. The number of imidazole rings is 1. The van der Waals surface area contributed by atoms with Crippen LogP contribution in [0.1, 0.15) is 31.2 Å². The van der Waals surface area contributed by atoms with E-state index in [4.69, 9.17) is 5.73 Å². The Hall–Kier alpha value is -0.990. The van der Waals surface area contributed by atoms with E-state index in [-0.39, 0.29) is 0 Å². The zero-order chi connectivity index (χ0) is 8.06. The summed E-state index contributed by atoms with van der Waals surface area (Å²) in [5.41, 5.74) is 8.16. The molecule has 1 saturated carbocycles. The van der Waals surface area contributed by atoms with E-state index in [0.29, 0.717) is 11.4 Å². The second-order valence-electron chi connectivity index (χ2n) is 3.66. The molecule has 0 bridgehead atoms. The van der Waals surface area contributed by atoms with Crippen LogP contribution in [0.2, 0.25) is 0 Å². The Labute approximate surface area is 66.0 Å². The zero-order valence-electron chi connectivity index (χ0n) is 6.94. The van der Waals surface area contributed by atoms with Crippen molar-refractivity contribution < 1.29 is 0 Å². The van der Waals surface area contributed by atoms with Crippen molar-refractivity contribution >= 4 is 5.95 Å². The van der Waals surface area contributed by atoms with Crippen molar-refractivity contribution in [1.82, 2.24) is 9.97 Å². The van der Waals surface area contributed by atoms with E-state index in [1.54, 1.807) is 0 Å². The smallest absolute Gasteiger partial charge is 0.197 e. The first-order valence-electron chi connectivity index (χ1n) is 3.94. The summed E-state index contributed by atoms with van der Waals surface area (Å²) < 4.78 is 0. The first kappa shape index (κ1) is 6.70. The molecule has 1 heterocycles. The molecule has 1 aliphatic rings. The van der Waals surface area contributed by atoms with Crippen LogP contribution in [0.5, 0.6) is 0 Å². The van der Waals surface area contributed by atoms with Crippen LogP contribution in [-0.2, 0) is 5.41 Å². The highest BCUT2D eigenvalue weighted by atomic mass is 15.0. The van der Waals surface area contributed by atoms with Gasteiger partial charge < -0.3 is 10.7 Å². The van der Waals surface area contributed by atoms with E-state index in [1.807, 2.05) is 6.92 Å². The normalized spacial score (nSPS) is 20.2. The van der Waals surface area contributed by atoms with E-state index < -0.39 is 0 Å². The Bertz CT molecular complexity index is 284. The Morgan fingerprint density at radius 2 is 2.18 bits per heavy atom. The minimum atomic E-state index is 0.332. The molecule has 0 atom stereocenters. The van der Waals surface area contributed by atoms with Gasteiger partial charge in [-0.1, -0.05) is 6.92 Å². The van der Waals surface area contributed by atoms with Crippen LogP contribution >= 0.6 is 0 Å². The first-order valence-corrected chi connectivity index (χ1v) is 3.94. The molecule has 0 radical (unpaired) electrons. The number of hydrogen-bond acceptors (Lipinski definition) is 2. The van der Waals surface area contributed by atoms with Crippen LogP contribution in [0.15, 0.2) is 0 Å². The number of aromatic nitrogens is 2. The quantitative estimate of drug-likeness (QED) is 0.636. The van der Waals surface area contributed by atoms with E-state index in [0.717, 1.165) is 11.4 Å². The van der Waals surface area contributed by atoms with E-state index in [2.05, 4.69) is 16.9 Å². The lowest BCUT2D eigenvalue weighted by Crippen LogP contribution is -2.02. The van der Waals surface area contributed by atoms with E-state index in [1.165, 1.54) is 12.8 Å². The molecule has 3 N–H and O–H groups in total. The third-order valence-electron chi connectivity index (χ3n) is 2.47. The van der Waals surface area contributed by atoms with Crippen molar-refractivity contribution in [2.45, 2.75) is 32.1 Å². The van der Waals surface area contributed by atoms with Gasteiger partial charge in [0.25, 0.3) is 0 Å². The topological polar surface area (TPSA) is 54.7 Å². The third-order valence-corrected chi connectivity index (χ3v) is 2.47. The molecule has 1 aromatic heterocycles. The van der Waals surface area contributed by atoms with Crippen LogP contribution in [-0.4, -0.2) is 9.97 Å². The molecule has 0 aromatic carbocycles. The van der Waals surface area contributed by atoms with Gasteiger partial charge in [0.2, 0.25) is 0 Å². The number of aryl methyl sites for hydroxylation is 1.